The van der Waals surface area contributed by atoms with Gasteiger partial charge in [-0.1, -0.05) is 62.7 Å². The molecule has 0 fully saturated rings. The van der Waals surface area contributed by atoms with Crippen LogP contribution < -0.4 is 14.4 Å². The molecule has 2 amide bonds. The molecule has 0 radical (unpaired) electrons. The molecule has 1 atom stereocenters. The average molecular weight is 546 g/mol. The number of aryl methyl sites for hydroxylation is 1. The Morgan fingerprint density at radius 3 is 2.37 bits per heavy atom. The third-order valence-corrected chi connectivity index (χ3v) is 7.27. The second-order valence-electron chi connectivity index (χ2n) is 9.91. The maximum Gasteiger partial charge on any atom is 0.242 e. The number of nitrogens with zero attached hydrogens (tertiary/aromatic N) is 2. The summed E-state index contributed by atoms with van der Waals surface area (Å²) in [7, 11) is -3.62. The fraction of sp³-hybridized carbons (Fsp3) is 0.517. The van der Waals surface area contributed by atoms with Gasteiger partial charge in [0.2, 0.25) is 21.8 Å². The van der Waals surface area contributed by atoms with Gasteiger partial charge in [0.1, 0.15) is 11.8 Å². The van der Waals surface area contributed by atoms with Gasteiger partial charge in [-0.2, -0.15) is 0 Å². The number of nitrogens with one attached hydrogen (secondary N) is 1. The Labute approximate surface area is 228 Å². The number of ether oxygens (including phenoxy) is 1. The van der Waals surface area contributed by atoms with E-state index < -0.39 is 16.1 Å². The quantitative estimate of drug-likeness (QED) is 0.355. The highest BCUT2D eigenvalue weighted by Crippen LogP contribution is 2.30. The summed E-state index contributed by atoms with van der Waals surface area (Å²) in [5.41, 5.74) is 2.46. The van der Waals surface area contributed by atoms with E-state index in [1.807, 2.05) is 58.9 Å². The third-order valence-electron chi connectivity index (χ3n) is 6.09. The van der Waals surface area contributed by atoms with Crippen LogP contribution in [0.4, 0.5) is 5.69 Å². The smallest absolute Gasteiger partial charge is 0.242 e. The second kappa shape index (κ2) is 14.8. The normalized spacial score (nSPS) is 12.2. The van der Waals surface area contributed by atoms with Gasteiger partial charge < -0.3 is 15.0 Å². The number of amides is 2. The molecule has 0 saturated heterocycles. The maximum absolute atomic E-state index is 13.6. The van der Waals surface area contributed by atoms with Gasteiger partial charge in [-0.05, 0) is 50.3 Å². The van der Waals surface area contributed by atoms with Crippen LogP contribution in [-0.2, 0) is 26.2 Å². The zero-order chi connectivity index (χ0) is 28.3. The molecule has 9 heteroatoms. The lowest BCUT2D eigenvalue weighted by molar-refractivity contribution is -0.141. The van der Waals surface area contributed by atoms with Crippen LogP contribution >= 0.6 is 0 Å². The summed E-state index contributed by atoms with van der Waals surface area (Å²) in [6, 6.07) is 14.2. The molecule has 0 spiro atoms. The summed E-state index contributed by atoms with van der Waals surface area (Å²) in [6.07, 6.45) is 2.01. The Balaban J connectivity index is 2.25. The first-order chi connectivity index (χ1) is 18.0. The van der Waals surface area contributed by atoms with Gasteiger partial charge in [0, 0.05) is 26.1 Å². The number of carbonyl (C=O) groups excluding carboxylic acids is 2. The van der Waals surface area contributed by atoms with Gasteiger partial charge >= 0.3 is 0 Å². The third kappa shape index (κ3) is 9.35. The van der Waals surface area contributed by atoms with Crippen LogP contribution in [0, 0.1) is 12.8 Å². The first-order valence-corrected chi connectivity index (χ1v) is 15.1. The van der Waals surface area contributed by atoms with Crippen molar-refractivity contribution in [3.63, 3.8) is 0 Å². The van der Waals surface area contributed by atoms with E-state index in [0.717, 1.165) is 17.4 Å². The van der Waals surface area contributed by atoms with Crippen molar-refractivity contribution in [2.75, 3.05) is 30.3 Å². The number of benzene rings is 2. The molecule has 0 heterocycles. The minimum absolute atomic E-state index is 0.0998. The predicted molar refractivity (Wildman–Crippen MR) is 153 cm³/mol. The Hall–Kier alpha value is -3.07. The molecule has 210 valence electrons. The molecule has 38 heavy (non-hydrogen) atoms. The Kier molecular flexibility index (Phi) is 12.1. The van der Waals surface area contributed by atoms with Crippen LogP contribution in [0.2, 0.25) is 0 Å². The van der Waals surface area contributed by atoms with Gasteiger partial charge in [-0.3, -0.25) is 13.9 Å². The van der Waals surface area contributed by atoms with Crippen LogP contribution in [0.15, 0.2) is 48.5 Å². The zero-order valence-corrected chi connectivity index (χ0v) is 24.4. The van der Waals surface area contributed by atoms with Crippen LogP contribution in [-0.4, -0.2) is 57.1 Å². The van der Waals surface area contributed by atoms with Crippen molar-refractivity contribution in [2.45, 2.75) is 66.5 Å². The lowest BCUT2D eigenvalue weighted by atomic mass is 10.1. The second-order valence-corrected chi connectivity index (χ2v) is 11.8. The summed E-state index contributed by atoms with van der Waals surface area (Å²) in [5.74, 6) is 0.398. The lowest BCUT2D eigenvalue weighted by Crippen LogP contribution is -2.49. The van der Waals surface area contributed by atoms with Gasteiger partial charge in [0.25, 0.3) is 0 Å². The number of hydrogen-bond acceptors (Lipinski definition) is 5. The summed E-state index contributed by atoms with van der Waals surface area (Å²) in [5, 5.41) is 2.97. The number of anilines is 1. The van der Waals surface area contributed by atoms with E-state index in [4.69, 9.17) is 4.74 Å². The first-order valence-electron chi connectivity index (χ1n) is 13.3. The molecule has 0 aromatic heterocycles. The topological polar surface area (TPSA) is 96.0 Å². The highest BCUT2D eigenvalue weighted by molar-refractivity contribution is 7.92. The van der Waals surface area contributed by atoms with Gasteiger partial charge in [-0.15, -0.1) is 0 Å². The van der Waals surface area contributed by atoms with Gasteiger partial charge in [0.15, 0.2) is 0 Å². The lowest BCUT2D eigenvalue weighted by Gasteiger charge is -2.31. The fourth-order valence-electron chi connectivity index (χ4n) is 4.27. The van der Waals surface area contributed by atoms with E-state index in [9.17, 15) is 18.0 Å². The van der Waals surface area contributed by atoms with Crippen molar-refractivity contribution in [1.82, 2.24) is 10.2 Å². The molecule has 2 rings (SSSR count). The van der Waals surface area contributed by atoms with Gasteiger partial charge in [0.05, 0.1) is 18.6 Å². The van der Waals surface area contributed by atoms with Crippen LogP contribution in [0.5, 0.6) is 5.75 Å². The van der Waals surface area contributed by atoms with E-state index in [2.05, 4.69) is 5.32 Å². The fourth-order valence-corrected chi connectivity index (χ4v) is 5.24. The van der Waals surface area contributed by atoms with Crippen LogP contribution in [0.3, 0.4) is 0 Å². The minimum atomic E-state index is -3.62. The zero-order valence-electron chi connectivity index (χ0n) is 23.6. The molecular formula is C29H43N3O5S. The molecule has 0 aliphatic heterocycles. The van der Waals surface area contributed by atoms with E-state index in [0.29, 0.717) is 49.9 Å². The molecule has 0 aliphatic carbocycles. The Bertz CT molecular complexity index is 1170. The van der Waals surface area contributed by atoms with Crippen molar-refractivity contribution in [3.05, 3.63) is 59.7 Å². The molecule has 8 nitrogen and oxygen atoms in total. The maximum atomic E-state index is 13.6. The van der Waals surface area contributed by atoms with E-state index in [-0.39, 0.29) is 24.8 Å². The highest BCUT2D eigenvalue weighted by atomic mass is 32.2. The molecule has 2 aromatic carbocycles. The van der Waals surface area contributed by atoms with Crippen molar-refractivity contribution < 1.29 is 22.7 Å². The number of carbonyl (C=O) groups is 2. The SMILES string of the molecule is CCOc1ccccc1N(CCCC(=O)N(Cc1cccc(C)c1)[C@@H](CC)C(=O)NCC(C)C)S(C)(=O)=O. The van der Waals surface area contributed by atoms with Gasteiger partial charge in [-0.25, -0.2) is 8.42 Å². The highest BCUT2D eigenvalue weighted by Gasteiger charge is 2.29. The summed E-state index contributed by atoms with van der Waals surface area (Å²) < 4.78 is 32.2. The van der Waals surface area contributed by atoms with Crippen LogP contribution in [0.1, 0.15) is 58.1 Å². The number of sulfonamides is 1. The van der Waals surface area contributed by atoms with E-state index in [1.54, 1.807) is 29.2 Å². The number of para-hydroxylation sites is 2. The van der Waals surface area contributed by atoms with Crippen molar-refractivity contribution in [2.24, 2.45) is 5.92 Å². The molecule has 2 aromatic rings. The molecule has 1 N–H and O–H groups in total. The van der Waals surface area contributed by atoms with Crippen molar-refractivity contribution in [3.8, 4) is 5.75 Å². The van der Waals surface area contributed by atoms with Crippen LogP contribution in [0.25, 0.3) is 0 Å². The summed E-state index contributed by atoms with van der Waals surface area (Å²) in [6.45, 7) is 11.1. The molecule has 0 aliphatic rings. The summed E-state index contributed by atoms with van der Waals surface area (Å²) >= 11 is 0. The molecule has 0 unspecified atom stereocenters. The first kappa shape index (κ1) is 31.1. The minimum Gasteiger partial charge on any atom is -0.492 e. The van der Waals surface area contributed by atoms with E-state index in [1.165, 1.54) is 4.31 Å². The molecular weight excluding hydrogens is 502 g/mol. The van der Waals surface area contributed by atoms with Crippen molar-refractivity contribution >= 4 is 27.5 Å². The standard InChI is InChI=1S/C29H43N3O5S/c1-7-25(29(34)30-20-22(3)4)31(21-24-14-11-13-23(5)19-24)28(33)17-12-18-32(38(6,35)36)26-15-9-10-16-27(26)37-8-2/h9-11,13-16,19,22,25H,7-8,12,17-18,20-21H2,1-6H3,(H,30,34)/t25-/m0/s1. The predicted octanol–water partition coefficient (Wildman–Crippen LogP) is 4.52. The Morgan fingerprint density at radius 2 is 1.76 bits per heavy atom. The summed E-state index contributed by atoms with van der Waals surface area (Å²) in [4.78, 5) is 28.3. The average Bonchev–Trinajstić information content (AvgIpc) is 2.85. The monoisotopic (exact) mass is 545 g/mol. The molecule has 0 saturated carbocycles. The largest absolute Gasteiger partial charge is 0.492 e. The Morgan fingerprint density at radius 1 is 1.05 bits per heavy atom. The van der Waals surface area contributed by atoms with Crippen molar-refractivity contribution in [1.29, 1.82) is 0 Å². The number of hydrogen-bond donors (Lipinski definition) is 1. The molecule has 0 bridgehead atoms. The van der Waals surface area contributed by atoms with E-state index >= 15 is 0 Å². The number of rotatable bonds is 15.